The molecular formula is C15H13ClF2N2O. The number of carbonyl (C=O) groups is 1. The summed E-state index contributed by atoms with van der Waals surface area (Å²) < 4.78 is 26.2. The van der Waals surface area contributed by atoms with Gasteiger partial charge in [-0.1, -0.05) is 17.7 Å². The SMILES string of the molecule is CC(c1ccc(F)c(F)c1)N(C)C(=O)c1cnccc1Cl. The number of carbonyl (C=O) groups excluding carboxylic acids is 1. The van der Waals surface area contributed by atoms with Crippen LogP contribution in [0.3, 0.4) is 0 Å². The van der Waals surface area contributed by atoms with Crippen LogP contribution < -0.4 is 0 Å². The van der Waals surface area contributed by atoms with Crippen LogP contribution in [0.2, 0.25) is 5.02 Å². The second kappa shape index (κ2) is 6.18. The van der Waals surface area contributed by atoms with Crippen molar-refractivity contribution in [2.75, 3.05) is 7.05 Å². The molecule has 3 nitrogen and oxygen atoms in total. The third kappa shape index (κ3) is 3.19. The minimum Gasteiger partial charge on any atom is -0.335 e. The van der Waals surface area contributed by atoms with Gasteiger partial charge >= 0.3 is 0 Å². The van der Waals surface area contributed by atoms with Gasteiger partial charge in [0.25, 0.3) is 5.91 Å². The van der Waals surface area contributed by atoms with Gasteiger partial charge in [-0.25, -0.2) is 8.78 Å². The van der Waals surface area contributed by atoms with Gasteiger partial charge in [0.05, 0.1) is 16.6 Å². The summed E-state index contributed by atoms with van der Waals surface area (Å²) in [5.74, 6) is -2.21. The standard InChI is InChI=1S/C15H13ClF2N2O/c1-9(10-3-4-13(17)14(18)7-10)20(2)15(21)11-8-19-6-5-12(11)16/h3-9H,1-2H3. The van der Waals surface area contributed by atoms with Crippen LogP contribution in [0, 0.1) is 11.6 Å². The van der Waals surface area contributed by atoms with E-state index in [0.717, 1.165) is 12.1 Å². The molecule has 0 radical (unpaired) electrons. The lowest BCUT2D eigenvalue weighted by molar-refractivity contribution is 0.0742. The first-order valence-corrected chi connectivity index (χ1v) is 6.61. The van der Waals surface area contributed by atoms with Crippen LogP contribution in [-0.4, -0.2) is 22.8 Å². The van der Waals surface area contributed by atoms with Gasteiger partial charge in [-0.3, -0.25) is 9.78 Å². The zero-order valence-electron chi connectivity index (χ0n) is 11.5. The first kappa shape index (κ1) is 15.4. The van der Waals surface area contributed by atoms with Crippen LogP contribution >= 0.6 is 11.6 Å². The van der Waals surface area contributed by atoms with Crippen molar-refractivity contribution in [3.63, 3.8) is 0 Å². The molecule has 1 aromatic carbocycles. The average Bonchev–Trinajstić information content (AvgIpc) is 2.48. The second-order valence-electron chi connectivity index (χ2n) is 4.62. The van der Waals surface area contributed by atoms with Crippen molar-refractivity contribution in [3.8, 4) is 0 Å². The van der Waals surface area contributed by atoms with Crippen molar-refractivity contribution >= 4 is 17.5 Å². The molecule has 0 aliphatic heterocycles. The van der Waals surface area contributed by atoms with E-state index in [0.29, 0.717) is 10.6 Å². The summed E-state index contributed by atoms with van der Waals surface area (Å²) in [6.07, 6.45) is 2.86. The summed E-state index contributed by atoms with van der Waals surface area (Å²) in [5, 5.41) is 0.291. The summed E-state index contributed by atoms with van der Waals surface area (Å²) in [5.41, 5.74) is 0.751. The normalized spacial score (nSPS) is 12.0. The van der Waals surface area contributed by atoms with Gasteiger partial charge in [0, 0.05) is 19.4 Å². The summed E-state index contributed by atoms with van der Waals surface area (Å²) >= 11 is 5.96. The molecule has 0 fully saturated rings. The second-order valence-corrected chi connectivity index (χ2v) is 5.03. The van der Waals surface area contributed by atoms with E-state index < -0.39 is 17.7 Å². The largest absolute Gasteiger partial charge is 0.335 e. The van der Waals surface area contributed by atoms with Crippen molar-refractivity contribution in [1.82, 2.24) is 9.88 Å². The third-order valence-corrected chi connectivity index (χ3v) is 3.66. The molecular weight excluding hydrogens is 298 g/mol. The minimum atomic E-state index is -0.945. The van der Waals surface area contributed by atoms with Crippen LogP contribution in [0.5, 0.6) is 0 Å². The number of pyridine rings is 1. The Balaban J connectivity index is 2.26. The van der Waals surface area contributed by atoms with E-state index >= 15 is 0 Å². The highest BCUT2D eigenvalue weighted by Gasteiger charge is 2.21. The molecule has 1 amide bonds. The summed E-state index contributed by atoms with van der Waals surface area (Å²) in [4.78, 5) is 17.6. The van der Waals surface area contributed by atoms with Crippen LogP contribution in [0.25, 0.3) is 0 Å². The molecule has 2 aromatic rings. The maximum atomic E-state index is 13.3. The van der Waals surface area contributed by atoms with Crippen molar-refractivity contribution in [2.45, 2.75) is 13.0 Å². The Kier molecular flexibility index (Phi) is 4.53. The Bertz CT molecular complexity index is 678. The first-order chi connectivity index (χ1) is 9.91. The van der Waals surface area contributed by atoms with E-state index in [4.69, 9.17) is 11.6 Å². The number of amides is 1. The first-order valence-electron chi connectivity index (χ1n) is 6.23. The molecule has 110 valence electrons. The van der Waals surface area contributed by atoms with Gasteiger partial charge < -0.3 is 4.90 Å². The third-order valence-electron chi connectivity index (χ3n) is 3.33. The fraction of sp³-hybridized carbons (Fsp3) is 0.200. The van der Waals surface area contributed by atoms with Gasteiger partial charge in [-0.15, -0.1) is 0 Å². The molecule has 0 aliphatic carbocycles. The molecule has 21 heavy (non-hydrogen) atoms. The lowest BCUT2D eigenvalue weighted by Crippen LogP contribution is -2.30. The van der Waals surface area contributed by atoms with E-state index in [1.165, 1.54) is 29.4 Å². The molecule has 0 saturated heterocycles. The van der Waals surface area contributed by atoms with Gasteiger partial charge in [-0.05, 0) is 30.7 Å². The number of rotatable bonds is 3. The van der Waals surface area contributed by atoms with Crippen molar-refractivity contribution in [1.29, 1.82) is 0 Å². The van der Waals surface area contributed by atoms with Crippen molar-refractivity contribution in [3.05, 3.63) is 64.4 Å². The smallest absolute Gasteiger partial charge is 0.257 e. The number of nitrogens with zero attached hydrogens (tertiary/aromatic N) is 2. The van der Waals surface area contributed by atoms with Crippen molar-refractivity contribution < 1.29 is 13.6 Å². The fourth-order valence-electron chi connectivity index (χ4n) is 1.90. The average molecular weight is 311 g/mol. The van der Waals surface area contributed by atoms with Crippen LogP contribution in [0.4, 0.5) is 8.78 Å². The molecule has 0 spiro atoms. The summed E-state index contributed by atoms with van der Waals surface area (Å²) in [6.45, 7) is 1.72. The quantitative estimate of drug-likeness (QED) is 0.863. The van der Waals surface area contributed by atoms with Crippen molar-refractivity contribution in [2.24, 2.45) is 0 Å². The highest BCUT2D eigenvalue weighted by atomic mass is 35.5. The topological polar surface area (TPSA) is 33.2 Å². The lowest BCUT2D eigenvalue weighted by Gasteiger charge is -2.25. The molecule has 1 heterocycles. The van der Waals surface area contributed by atoms with Gasteiger partial charge in [0.2, 0.25) is 0 Å². The fourth-order valence-corrected chi connectivity index (χ4v) is 2.08. The number of hydrogen-bond acceptors (Lipinski definition) is 2. The maximum Gasteiger partial charge on any atom is 0.257 e. The molecule has 6 heteroatoms. The van der Waals surface area contributed by atoms with E-state index in [1.54, 1.807) is 14.0 Å². The zero-order valence-corrected chi connectivity index (χ0v) is 12.2. The predicted octanol–water partition coefficient (Wildman–Crippen LogP) is 3.85. The molecule has 0 aliphatic rings. The maximum absolute atomic E-state index is 13.3. The summed E-state index contributed by atoms with van der Waals surface area (Å²) in [6, 6.07) is 4.64. The Morgan fingerprint density at radius 3 is 2.62 bits per heavy atom. The molecule has 1 atom stereocenters. The van der Waals surface area contributed by atoms with Gasteiger partial charge in [0.1, 0.15) is 0 Å². The number of halogens is 3. The molecule has 1 aromatic heterocycles. The highest BCUT2D eigenvalue weighted by Crippen LogP contribution is 2.24. The van der Waals surface area contributed by atoms with E-state index in [1.807, 2.05) is 0 Å². The van der Waals surface area contributed by atoms with Crippen LogP contribution in [0.1, 0.15) is 28.9 Å². The monoisotopic (exact) mass is 310 g/mol. The zero-order chi connectivity index (χ0) is 15.6. The van der Waals surface area contributed by atoms with Crippen LogP contribution in [-0.2, 0) is 0 Å². The Hall–Kier alpha value is -2.01. The minimum absolute atomic E-state index is 0.260. The lowest BCUT2D eigenvalue weighted by atomic mass is 10.1. The van der Waals surface area contributed by atoms with Crippen LogP contribution in [0.15, 0.2) is 36.7 Å². The highest BCUT2D eigenvalue weighted by molar-refractivity contribution is 6.33. The molecule has 2 rings (SSSR count). The Morgan fingerprint density at radius 1 is 1.29 bits per heavy atom. The van der Waals surface area contributed by atoms with Gasteiger partial charge in [0.15, 0.2) is 11.6 Å². The van der Waals surface area contributed by atoms with E-state index in [-0.39, 0.29) is 11.5 Å². The number of benzene rings is 1. The predicted molar refractivity (Wildman–Crippen MR) is 76.1 cm³/mol. The Morgan fingerprint density at radius 2 is 2.00 bits per heavy atom. The van der Waals surface area contributed by atoms with E-state index in [2.05, 4.69) is 4.98 Å². The molecule has 1 unspecified atom stereocenters. The number of aromatic nitrogens is 1. The molecule has 0 saturated carbocycles. The summed E-state index contributed by atoms with van der Waals surface area (Å²) in [7, 11) is 1.57. The molecule has 0 bridgehead atoms. The Labute approximate surface area is 126 Å². The number of hydrogen-bond donors (Lipinski definition) is 0. The van der Waals surface area contributed by atoms with Gasteiger partial charge in [-0.2, -0.15) is 0 Å². The molecule has 0 N–H and O–H groups in total. The van der Waals surface area contributed by atoms with E-state index in [9.17, 15) is 13.6 Å².